The number of ether oxygens (including phenoxy) is 1. The Hall–Kier alpha value is -2.19. The highest BCUT2D eigenvalue weighted by atomic mass is 19.2. The van der Waals surface area contributed by atoms with E-state index in [2.05, 4.69) is 20.4 Å². The molecule has 2 saturated heterocycles. The fourth-order valence-corrected chi connectivity index (χ4v) is 6.10. The first kappa shape index (κ1) is 19.5. The number of aromatic nitrogens is 2. The summed E-state index contributed by atoms with van der Waals surface area (Å²) in [5.74, 6) is 1.31. The van der Waals surface area contributed by atoms with Crippen molar-refractivity contribution in [3.05, 3.63) is 41.7 Å². The molecule has 0 bridgehead atoms. The Bertz CT molecular complexity index is 964. The van der Waals surface area contributed by atoms with Gasteiger partial charge in [-0.15, -0.1) is 10.2 Å². The Labute approximate surface area is 179 Å². The van der Waals surface area contributed by atoms with E-state index >= 15 is 0 Å². The van der Waals surface area contributed by atoms with Crippen LogP contribution in [0.4, 0.5) is 19.0 Å². The molecule has 6 rings (SSSR count). The van der Waals surface area contributed by atoms with Gasteiger partial charge in [0.05, 0.1) is 18.9 Å². The molecular weight excluding hydrogens is 405 g/mol. The van der Waals surface area contributed by atoms with Gasteiger partial charge in [-0.3, -0.25) is 0 Å². The van der Waals surface area contributed by atoms with Crippen molar-refractivity contribution in [1.82, 2.24) is 15.1 Å². The number of anilines is 1. The van der Waals surface area contributed by atoms with Crippen LogP contribution in [0.15, 0.2) is 24.3 Å². The van der Waals surface area contributed by atoms with Gasteiger partial charge >= 0.3 is 0 Å². The van der Waals surface area contributed by atoms with Crippen molar-refractivity contribution in [3.8, 4) is 11.3 Å². The van der Waals surface area contributed by atoms with Crippen LogP contribution in [0, 0.1) is 47.0 Å². The number of likely N-dealkylation sites (tertiary alicyclic amines) is 1. The Morgan fingerprint density at radius 3 is 2.42 bits per heavy atom. The first-order valence-corrected chi connectivity index (χ1v) is 11.1. The average molecular weight is 430 g/mol. The molecule has 8 heteroatoms. The normalized spacial score (nSPS) is 34.0. The molecule has 2 aliphatic heterocycles. The second-order valence-electron chi connectivity index (χ2n) is 9.63. The summed E-state index contributed by atoms with van der Waals surface area (Å²) >= 11 is 0. The topological polar surface area (TPSA) is 50.3 Å². The van der Waals surface area contributed by atoms with Gasteiger partial charge in [0.2, 0.25) is 0 Å². The second-order valence-corrected chi connectivity index (χ2v) is 9.63. The molecule has 3 heterocycles. The van der Waals surface area contributed by atoms with Crippen molar-refractivity contribution in [2.24, 2.45) is 29.6 Å². The molecule has 4 fully saturated rings. The maximum atomic E-state index is 14.0. The summed E-state index contributed by atoms with van der Waals surface area (Å²) in [5, 5.41) is 11.5. The van der Waals surface area contributed by atoms with Gasteiger partial charge in [-0.25, -0.2) is 13.2 Å². The maximum Gasteiger partial charge on any atom is 0.168 e. The largest absolute Gasteiger partial charge is 0.381 e. The summed E-state index contributed by atoms with van der Waals surface area (Å²) in [5.41, 5.74) is -0.117. The Balaban J connectivity index is 1.04. The maximum absolute atomic E-state index is 14.0. The zero-order chi connectivity index (χ0) is 21.1. The van der Waals surface area contributed by atoms with Crippen LogP contribution >= 0.6 is 0 Å². The molecular formula is C23H25F3N4O. The molecule has 0 amide bonds. The van der Waals surface area contributed by atoms with E-state index in [-0.39, 0.29) is 11.3 Å². The third-order valence-corrected chi connectivity index (χ3v) is 7.71. The minimum atomic E-state index is -1.23. The molecule has 1 N–H and O–H groups in total. The van der Waals surface area contributed by atoms with E-state index in [1.807, 2.05) is 0 Å². The Morgan fingerprint density at radius 1 is 1.00 bits per heavy atom. The van der Waals surface area contributed by atoms with Crippen molar-refractivity contribution in [2.45, 2.75) is 18.9 Å². The SMILES string of the molecule is Fc1cc(F)c(F)c(-c2ccc(NC3C[C@@H]4CN(CC5[C@H]6COC[C@@H]56)C[C@@H]4C3)nn2)c1. The van der Waals surface area contributed by atoms with Crippen molar-refractivity contribution in [3.63, 3.8) is 0 Å². The summed E-state index contributed by atoms with van der Waals surface area (Å²) in [6.07, 6.45) is 2.21. The Morgan fingerprint density at radius 2 is 1.74 bits per heavy atom. The fraction of sp³-hybridized carbons (Fsp3) is 0.565. The lowest BCUT2D eigenvalue weighted by atomic mass is 10.0. The monoisotopic (exact) mass is 430 g/mol. The number of hydrogen-bond acceptors (Lipinski definition) is 5. The summed E-state index contributed by atoms with van der Waals surface area (Å²) in [6.45, 7) is 5.50. The van der Waals surface area contributed by atoms with Crippen LogP contribution in [-0.4, -0.2) is 54.0 Å². The van der Waals surface area contributed by atoms with Crippen LogP contribution in [0.3, 0.4) is 0 Å². The van der Waals surface area contributed by atoms with E-state index in [0.29, 0.717) is 29.8 Å². The number of nitrogens with zero attached hydrogens (tertiary/aromatic N) is 3. The van der Waals surface area contributed by atoms with Gasteiger partial charge in [-0.1, -0.05) is 0 Å². The molecule has 0 radical (unpaired) electrons. The van der Waals surface area contributed by atoms with E-state index in [9.17, 15) is 13.2 Å². The van der Waals surface area contributed by atoms with Crippen molar-refractivity contribution < 1.29 is 17.9 Å². The average Bonchev–Trinajstić information content (AvgIpc) is 3.14. The molecule has 1 aromatic carbocycles. The lowest BCUT2D eigenvalue weighted by Gasteiger charge is -2.20. The van der Waals surface area contributed by atoms with E-state index < -0.39 is 17.5 Å². The van der Waals surface area contributed by atoms with Gasteiger partial charge in [0.1, 0.15) is 11.6 Å². The summed E-state index contributed by atoms with van der Waals surface area (Å²) < 4.78 is 46.4. The van der Waals surface area contributed by atoms with Crippen molar-refractivity contribution in [2.75, 3.05) is 38.2 Å². The summed E-state index contributed by atoms with van der Waals surface area (Å²) in [4.78, 5) is 2.65. The molecule has 2 aromatic rings. The molecule has 2 aliphatic carbocycles. The predicted octanol–water partition coefficient (Wildman–Crippen LogP) is 3.58. The van der Waals surface area contributed by atoms with E-state index in [0.717, 1.165) is 49.9 Å². The number of fused-ring (bicyclic) bond motifs is 2. The number of hydrogen-bond donors (Lipinski definition) is 1. The van der Waals surface area contributed by atoms with Crippen molar-refractivity contribution in [1.29, 1.82) is 0 Å². The molecule has 2 unspecified atom stereocenters. The lowest BCUT2D eigenvalue weighted by molar-refractivity contribution is 0.141. The van der Waals surface area contributed by atoms with Crippen LogP contribution in [-0.2, 0) is 4.74 Å². The van der Waals surface area contributed by atoms with E-state index in [4.69, 9.17) is 4.74 Å². The zero-order valence-electron chi connectivity index (χ0n) is 17.1. The highest BCUT2D eigenvalue weighted by Crippen LogP contribution is 2.52. The third-order valence-electron chi connectivity index (χ3n) is 7.71. The number of nitrogens with one attached hydrogen (secondary N) is 1. The van der Waals surface area contributed by atoms with Gasteiger partial charge < -0.3 is 15.0 Å². The third kappa shape index (κ3) is 3.59. The standard InChI is InChI=1S/C23H25F3N4O/c24-14-5-16(23(26)20(25)6-14)21-1-2-22(29-28-21)27-15-3-12-7-30(8-13(12)4-15)9-17-18-10-31-11-19(17)18/h1-2,5-6,12-13,15,17-19H,3-4,7-11H2,(H,27,29)/t12-,13+,15?,17?,18-,19+. The second kappa shape index (κ2) is 7.45. The smallest absolute Gasteiger partial charge is 0.168 e. The van der Waals surface area contributed by atoms with E-state index in [1.54, 1.807) is 12.1 Å². The van der Waals surface area contributed by atoms with Gasteiger partial charge in [0, 0.05) is 37.3 Å². The van der Waals surface area contributed by atoms with Gasteiger partial charge in [-0.05, 0) is 60.6 Å². The fourth-order valence-electron chi connectivity index (χ4n) is 6.10. The van der Waals surface area contributed by atoms with Crippen LogP contribution in [0.5, 0.6) is 0 Å². The first-order chi connectivity index (χ1) is 15.0. The minimum Gasteiger partial charge on any atom is -0.381 e. The number of benzene rings is 1. The summed E-state index contributed by atoms with van der Waals surface area (Å²) in [6, 6.07) is 5.03. The number of rotatable bonds is 5. The highest BCUT2D eigenvalue weighted by molar-refractivity contribution is 5.60. The van der Waals surface area contributed by atoms with Crippen LogP contribution in [0.2, 0.25) is 0 Å². The molecule has 4 aliphatic rings. The lowest BCUT2D eigenvalue weighted by Crippen LogP contribution is -2.28. The quantitative estimate of drug-likeness (QED) is 0.735. The molecule has 6 atom stereocenters. The van der Waals surface area contributed by atoms with Gasteiger partial charge in [0.15, 0.2) is 11.6 Å². The highest BCUT2D eigenvalue weighted by Gasteiger charge is 2.55. The number of halogens is 3. The zero-order valence-corrected chi connectivity index (χ0v) is 17.1. The van der Waals surface area contributed by atoms with Crippen LogP contribution < -0.4 is 5.32 Å². The molecule has 0 spiro atoms. The van der Waals surface area contributed by atoms with Crippen molar-refractivity contribution >= 4 is 5.82 Å². The summed E-state index contributed by atoms with van der Waals surface area (Å²) in [7, 11) is 0. The predicted molar refractivity (Wildman–Crippen MR) is 109 cm³/mol. The molecule has 164 valence electrons. The minimum absolute atomic E-state index is 0.107. The molecule has 2 saturated carbocycles. The first-order valence-electron chi connectivity index (χ1n) is 11.1. The Kier molecular flexibility index (Phi) is 4.68. The van der Waals surface area contributed by atoms with Crippen LogP contribution in [0.1, 0.15) is 12.8 Å². The van der Waals surface area contributed by atoms with E-state index in [1.165, 1.54) is 19.6 Å². The molecule has 1 aromatic heterocycles. The van der Waals surface area contributed by atoms with Gasteiger partial charge in [-0.2, -0.15) is 0 Å². The molecule has 31 heavy (non-hydrogen) atoms. The molecule has 5 nitrogen and oxygen atoms in total. The van der Waals surface area contributed by atoms with Gasteiger partial charge in [0.25, 0.3) is 0 Å². The van der Waals surface area contributed by atoms with Crippen LogP contribution in [0.25, 0.3) is 11.3 Å².